The molecule has 0 spiro atoms. The summed E-state index contributed by atoms with van der Waals surface area (Å²) in [6, 6.07) is 2.79. The monoisotopic (exact) mass is 266 g/mol. The van der Waals surface area contributed by atoms with E-state index in [1.165, 1.54) is 18.7 Å². The first-order valence-electron chi connectivity index (χ1n) is 6.58. The Bertz CT molecular complexity index is 400. The highest BCUT2D eigenvalue weighted by Gasteiger charge is 2.27. The number of aromatic nitrogens is 1. The van der Waals surface area contributed by atoms with Crippen LogP contribution in [0.2, 0.25) is 5.02 Å². The summed E-state index contributed by atoms with van der Waals surface area (Å²) in [5.41, 5.74) is 1.19. The Morgan fingerprint density at radius 2 is 2.06 bits per heavy atom. The molecule has 0 atom stereocenters. The maximum absolute atomic E-state index is 6.15. The number of pyridine rings is 1. The van der Waals surface area contributed by atoms with E-state index >= 15 is 0 Å². The molecule has 2 fully saturated rings. The van der Waals surface area contributed by atoms with Gasteiger partial charge in [-0.15, -0.1) is 0 Å². The predicted molar refractivity (Wildman–Crippen MR) is 72.8 cm³/mol. The van der Waals surface area contributed by atoms with Crippen LogP contribution >= 0.6 is 11.6 Å². The summed E-state index contributed by atoms with van der Waals surface area (Å²) in [5.74, 6) is 0. The van der Waals surface area contributed by atoms with Crippen molar-refractivity contribution in [3.05, 3.63) is 29.0 Å². The van der Waals surface area contributed by atoms with E-state index < -0.39 is 0 Å². The normalized spacial score (nSPS) is 22.9. The number of rotatable bonds is 3. The van der Waals surface area contributed by atoms with Crippen LogP contribution in [0.1, 0.15) is 5.56 Å². The Morgan fingerprint density at radius 1 is 1.28 bits per heavy atom. The fraction of sp³-hybridized carbons (Fsp3) is 0.615. The van der Waals surface area contributed by atoms with E-state index in [0.717, 1.165) is 43.8 Å². The predicted octanol–water partition coefficient (Wildman–Crippen LogP) is 0.824. The van der Waals surface area contributed by atoms with E-state index in [1.54, 1.807) is 6.20 Å². The Morgan fingerprint density at radius 3 is 2.67 bits per heavy atom. The van der Waals surface area contributed by atoms with Gasteiger partial charge in [-0.25, -0.2) is 0 Å². The van der Waals surface area contributed by atoms with Crippen molar-refractivity contribution >= 4 is 11.6 Å². The molecule has 0 radical (unpaired) electrons. The van der Waals surface area contributed by atoms with Gasteiger partial charge in [-0.05, 0) is 11.6 Å². The van der Waals surface area contributed by atoms with Crippen molar-refractivity contribution in [2.75, 3.05) is 39.3 Å². The molecule has 1 aromatic rings. The van der Waals surface area contributed by atoms with Crippen LogP contribution in [0.4, 0.5) is 0 Å². The van der Waals surface area contributed by atoms with Gasteiger partial charge in [0.2, 0.25) is 0 Å². The van der Waals surface area contributed by atoms with Crippen LogP contribution in [0.15, 0.2) is 18.5 Å². The van der Waals surface area contributed by atoms with Crippen LogP contribution in [0, 0.1) is 0 Å². The minimum absolute atomic E-state index is 0.775. The first-order valence-corrected chi connectivity index (χ1v) is 6.96. The molecule has 98 valence electrons. The van der Waals surface area contributed by atoms with Crippen LogP contribution in [-0.2, 0) is 6.54 Å². The van der Waals surface area contributed by atoms with Gasteiger partial charge in [-0.1, -0.05) is 11.6 Å². The molecule has 0 amide bonds. The van der Waals surface area contributed by atoms with Gasteiger partial charge in [-0.3, -0.25) is 14.8 Å². The topological polar surface area (TPSA) is 31.4 Å². The molecule has 2 saturated heterocycles. The molecule has 0 saturated carbocycles. The quantitative estimate of drug-likeness (QED) is 0.878. The lowest BCUT2D eigenvalue weighted by Crippen LogP contribution is -2.61. The van der Waals surface area contributed by atoms with E-state index in [2.05, 4.69) is 20.1 Å². The summed E-state index contributed by atoms with van der Waals surface area (Å²) in [4.78, 5) is 9.10. The standard InChI is InChI=1S/C13H19ClN4/c14-13-9-15-2-1-11(13)10-17-3-5-18(6-4-17)12-7-16-8-12/h1-2,9,12,16H,3-8,10H2. The first-order chi connectivity index (χ1) is 8.83. The summed E-state index contributed by atoms with van der Waals surface area (Å²) < 4.78 is 0. The fourth-order valence-corrected chi connectivity index (χ4v) is 2.77. The largest absolute Gasteiger partial charge is 0.314 e. The minimum atomic E-state index is 0.775. The molecule has 2 aliphatic rings. The summed E-state index contributed by atoms with van der Waals surface area (Å²) in [5, 5.41) is 4.12. The number of nitrogens with one attached hydrogen (secondary N) is 1. The van der Waals surface area contributed by atoms with Gasteiger partial charge in [0.25, 0.3) is 0 Å². The summed E-state index contributed by atoms with van der Waals surface area (Å²) in [7, 11) is 0. The maximum Gasteiger partial charge on any atom is 0.0634 e. The molecule has 3 heterocycles. The third-order valence-electron chi connectivity index (χ3n) is 3.93. The average molecular weight is 267 g/mol. The number of nitrogens with zero attached hydrogens (tertiary/aromatic N) is 3. The highest BCUT2D eigenvalue weighted by atomic mass is 35.5. The molecule has 0 aromatic carbocycles. The van der Waals surface area contributed by atoms with Gasteiger partial charge in [0.1, 0.15) is 0 Å². The van der Waals surface area contributed by atoms with Crippen LogP contribution in [0.3, 0.4) is 0 Å². The number of piperazine rings is 1. The molecular formula is C13H19ClN4. The highest BCUT2D eigenvalue weighted by molar-refractivity contribution is 6.31. The molecule has 1 N–H and O–H groups in total. The second kappa shape index (κ2) is 5.53. The zero-order valence-corrected chi connectivity index (χ0v) is 11.2. The number of hydrogen-bond donors (Lipinski definition) is 1. The molecule has 5 heteroatoms. The van der Waals surface area contributed by atoms with Gasteiger partial charge in [0.05, 0.1) is 5.02 Å². The number of halogens is 1. The number of hydrogen-bond acceptors (Lipinski definition) is 4. The molecule has 4 nitrogen and oxygen atoms in total. The SMILES string of the molecule is Clc1cnccc1CN1CCN(C2CNC2)CC1. The summed E-state index contributed by atoms with van der Waals surface area (Å²) in [6.07, 6.45) is 3.55. The highest BCUT2D eigenvalue weighted by Crippen LogP contribution is 2.17. The second-order valence-electron chi connectivity index (χ2n) is 5.09. The van der Waals surface area contributed by atoms with E-state index in [0.29, 0.717) is 0 Å². The van der Waals surface area contributed by atoms with Crippen molar-refractivity contribution in [3.63, 3.8) is 0 Å². The van der Waals surface area contributed by atoms with Gasteiger partial charge >= 0.3 is 0 Å². The van der Waals surface area contributed by atoms with Gasteiger partial charge in [0.15, 0.2) is 0 Å². The Labute approximate surface area is 113 Å². The lowest BCUT2D eigenvalue weighted by atomic mass is 10.1. The van der Waals surface area contributed by atoms with E-state index in [1.807, 2.05) is 12.3 Å². The Hall–Kier alpha value is -0.680. The van der Waals surface area contributed by atoms with Gasteiger partial charge in [-0.2, -0.15) is 0 Å². The van der Waals surface area contributed by atoms with E-state index in [4.69, 9.17) is 11.6 Å². The zero-order valence-electron chi connectivity index (χ0n) is 10.5. The molecule has 2 aliphatic heterocycles. The maximum atomic E-state index is 6.15. The van der Waals surface area contributed by atoms with Crippen molar-refractivity contribution < 1.29 is 0 Å². The lowest BCUT2D eigenvalue weighted by Gasteiger charge is -2.43. The van der Waals surface area contributed by atoms with Crippen LogP contribution < -0.4 is 5.32 Å². The van der Waals surface area contributed by atoms with Gasteiger partial charge < -0.3 is 5.32 Å². The van der Waals surface area contributed by atoms with Crippen molar-refractivity contribution in [2.45, 2.75) is 12.6 Å². The summed E-state index contributed by atoms with van der Waals surface area (Å²) in [6.45, 7) is 7.89. The van der Waals surface area contributed by atoms with Crippen molar-refractivity contribution in [3.8, 4) is 0 Å². The molecular weight excluding hydrogens is 248 g/mol. The molecule has 3 rings (SSSR count). The Balaban J connectivity index is 1.52. The smallest absolute Gasteiger partial charge is 0.0634 e. The van der Waals surface area contributed by atoms with Crippen molar-refractivity contribution in [1.82, 2.24) is 20.1 Å². The van der Waals surface area contributed by atoms with Crippen molar-refractivity contribution in [2.24, 2.45) is 0 Å². The Kier molecular flexibility index (Phi) is 3.80. The third kappa shape index (κ3) is 2.67. The van der Waals surface area contributed by atoms with Crippen LogP contribution in [0.5, 0.6) is 0 Å². The minimum Gasteiger partial charge on any atom is -0.314 e. The van der Waals surface area contributed by atoms with Crippen LogP contribution in [-0.4, -0.2) is 60.1 Å². The molecule has 18 heavy (non-hydrogen) atoms. The molecule has 0 bridgehead atoms. The van der Waals surface area contributed by atoms with Crippen LogP contribution in [0.25, 0.3) is 0 Å². The lowest BCUT2D eigenvalue weighted by molar-refractivity contribution is 0.0696. The second-order valence-corrected chi connectivity index (χ2v) is 5.50. The van der Waals surface area contributed by atoms with E-state index in [9.17, 15) is 0 Å². The van der Waals surface area contributed by atoms with Crippen molar-refractivity contribution in [1.29, 1.82) is 0 Å². The fourth-order valence-electron chi connectivity index (χ4n) is 2.59. The van der Waals surface area contributed by atoms with E-state index in [-0.39, 0.29) is 0 Å². The average Bonchev–Trinajstić information content (AvgIpc) is 2.32. The first kappa shape index (κ1) is 12.4. The van der Waals surface area contributed by atoms with Gasteiger partial charge in [0, 0.05) is 64.2 Å². The molecule has 0 unspecified atom stereocenters. The third-order valence-corrected chi connectivity index (χ3v) is 4.27. The zero-order chi connectivity index (χ0) is 12.4. The summed E-state index contributed by atoms with van der Waals surface area (Å²) >= 11 is 6.15. The molecule has 1 aromatic heterocycles. The molecule has 0 aliphatic carbocycles.